The number of hydrogen-bond donors (Lipinski definition) is 1. The molecule has 1 saturated heterocycles. The molecule has 0 amide bonds. The molecule has 26 heavy (non-hydrogen) atoms. The van der Waals surface area contributed by atoms with Crippen LogP contribution in [-0.2, 0) is 0 Å². The smallest absolute Gasteiger partial charge is 0.229 e. The van der Waals surface area contributed by atoms with Crippen molar-refractivity contribution >= 4 is 17.6 Å². The van der Waals surface area contributed by atoms with Crippen LogP contribution in [0.5, 0.6) is 0 Å². The van der Waals surface area contributed by atoms with Crippen molar-refractivity contribution < 1.29 is 0 Å². The Morgan fingerprint density at radius 3 is 2.38 bits per heavy atom. The van der Waals surface area contributed by atoms with Crippen molar-refractivity contribution in [1.29, 1.82) is 0 Å². The number of aromatic nitrogens is 3. The minimum absolute atomic E-state index is 0.111. The van der Waals surface area contributed by atoms with Gasteiger partial charge in [0.1, 0.15) is 0 Å². The van der Waals surface area contributed by atoms with Gasteiger partial charge in [0.15, 0.2) is 5.82 Å². The van der Waals surface area contributed by atoms with Gasteiger partial charge in [-0.15, -0.1) is 0 Å². The van der Waals surface area contributed by atoms with E-state index < -0.39 is 0 Å². The summed E-state index contributed by atoms with van der Waals surface area (Å²) in [5, 5.41) is 0. The molecule has 0 spiro atoms. The number of nitrogens with zero attached hydrogens (tertiary/aromatic N) is 6. The van der Waals surface area contributed by atoms with Gasteiger partial charge in [-0.2, -0.15) is 15.0 Å². The molecule has 1 aromatic heterocycles. The molecule has 0 aliphatic carbocycles. The molecule has 0 radical (unpaired) electrons. The summed E-state index contributed by atoms with van der Waals surface area (Å²) in [5.41, 5.74) is 9.93. The molecule has 1 aliphatic rings. The Labute approximate surface area is 155 Å². The van der Waals surface area contributed by atoms with Crippen molar-refractivity contribution in [3.8, 4) is 0 Å². The molecular formula is C19H29N7. The first kappa shape index (κ1) is 18.4. The highest BCUT2D eigenvalue weighted by molar-refractivity contribution is 5.56. The summed E-state index contributed by atoms with van der Waals surface area (Å²) in [4.78, 5) is 19.9. The summed E-state index contributed by atoms with van der Waals surface area (Å²) in [6.45, 7) is 10.4. The van der Waals surface area contributed by atoms with E-state index in [9.17, 15) is 0 Å². The van der Waals surface area contributed by atoms with E-state index in [0.717, 1.165) is 32.0 Å². The Hall–Kier alpha value is -2.41. The van der Waals surface area contributed by atoms with Gasteiger partial charge < -0.3 is 15.5 Å². The molecule has 0 saturated carbocycles. The van der Waals surface area contributed by atoms with E-state index in [2.05, 4.69) is 63.7 Å². The van der Waals surface area contributed by atoms with Crippen molar-refractivity contribution in [2.75, 3.05) is 55.8 Å². The maximum atomic E-state index is 5.88. The Bertz CT molecular complexity index is 766. The fourth-order valence-electron chi connectivity index (χ4n) is 3.38. The standard InChI is InChI=1S/C19H29N7/c1-13-7-6-8-16(14(13)2)26-11-9-25(10-12-26)15(3)17-21-18(20)23-19(22-17)24(4)5/h6-8,15H,9-12H2,1-5H3,(H2,20,21,22,23)/t15-/m0/s1. The van der Waals surface area contributed by atoms with Crippen molar-refractivity contribution in [1.82, 2.24) is 19.9 Å². The van der Waals surface area contributed by atoms with Crippen LogP contribution in [0.25, 0.3) is 0 Å². The fourth-order valence-corrected chi connectivity index (χ4v) is 3.38. The molecule has 1 aromatic carbocycles. The third-order valence-electron chi connectivity index (χ3n) is 5.21. The summed E-state index contributed by atoms with van der Waals surface area (Å²) >= 11 is 0. The molecule has 2 heterocycles. The largest absolute Gasteiger partial charge is 0.369 e. The Morgan fingerprint density at radius 1 is 1.04 bits per heavy atom. The number of rotatable bonds is 4. The Balaban J connectivity index is 1.71. The van der Waals surface area contributed by atoms with Crippen LogP contribution < -0.4 is 15.5 Å². The van der Waals surface area contributed by atoms with Crippen LogP contribution in [0.15, 0.2) is 18.2 Å². The highest BCUT2D eigenvalue weighted by atomic mass is 15.3. The zero-order valence-corrected chi connectivity index (χ0v) is 16.4. The van der Waals surface area contributed by atoms with E-state index in [4.69, 9.17) is 5.73 Å². The maximum absolute atomic E-state index is 5.88. The lowest BCUT2D eigenvalue weighted by molar-refractivity contribution is 0.191. The number of nitrogen functional groups attached to an aromatic ring is 1. The van der Waals surface area contributed by atoms with Gasteiger partial charge in [-0.1, -0.05) is 12.1 Å². The Morgan fingerprint density at radius 2 is 1.73 bits per heavy atom. The molecule has 2 N–H and O–H groups in total. The molecule has 7 heteroatoms. The SMILES string of the molecule is Cc1cccc(N2CCN([C@@H](C)c3nc(N)nc(N(C)C)n3)CC2)c1C. The van der Waals surface area contributed by atoms with Crippen LogP contribution in [-0.4, -0.2) is 60.1 Å². The molecule has 1 fully saturated rings. The topological polar surface area (TPSA) is 74.4 Å². The Kier molecular flexibility index (Phi) is 5.27. The number of nitrogens with two attached hydrogens (primary N) is 1. The van der Waals surface area contributed by atoms with Crippen LogP contribution >= 0.6 is 0 Å². The highest BCUT2D eigenvalue weighted by Gasteiger charge is 2.25. The van der Waals surface area contributed by atoms with Crippen LogP contribution in [0, 0.1) is 13.8 Å². The van der Waals surface area contributed by atoms with Gasteiger partial charge in [0.2, 0.25) is 11.9 Å². The van der Waals surface area contributed by atoms with E-state index in [0.29, 0.717) is 5.95 Å². The van der Waals surface area contributed by atoms with Crippen LogP contribution in [0.4, 0.5) is 17.6 Å². The predicted octanol–water partition coefficient (Wildman–Crippen LogP) is 2.02. The lowest BCUT2D eigenvalue weighted by Gasteiger charge is -2.39. The van der Waals surface area contributed by atoms with Gasteiger partial charge in [-0.25, -0.2) is 0 Å². The lowest BCUT2D eigenvalue weighted by Crippen LogP contribution is -2.47. The van der Waals surface area contributed by atoms with Crippen molar-refractivity contribution in [2.45, 2.75) is 26.8 Å². The van der Waals surface area contributed by atoms with Gasteiger partial charge in [-0.05, 0) is 38.0 Å². The first-order chi connectivity index (χ1) is 12.4. The average Bonchev–Trinajstić information content (AvgIpc) is 2.63. The third kappa shape index (κ3) is 3.72. The van der Waals surface area contributed by atoms with E-state index in [1.165, 1.54) is 16.8 Å². The minimum Gasteiger partial charge on any atom is -0.369 e. The summed E-state index contributed by atoms with van der Waals surface area (Å²) in [5.74, 6) is 1.62. The minimum atomic E-state index is 0.111. The molecule has 1 atom stereocenters. The summed E-state index contributed by atoms with van der Waals surface area (Å²) < 4.78 is 0. The first-order valence-electron chi connectivity index (χ1n) is 9.11. The zero-order valence-electron chi connectivity index (χ0n) is 16.4. The van der Waals surface area contributed by atoms with E-state index in [1.807, 2.05) is 19.0 Å². The van der Waals surface area contributed by atoms with E-state index in [1.54, 1.807) is 0 Å². The average molecular weight is 355 g/mol. The quantitative estimate of drug-likeness (QED) is 0.899. The number of hydrogen-bond acceptors (Lipinski definition) is 7. The first-order valence-corrected chi connectivity index (χ1v) is 9.11. The number of aryl methyl sites for hydroxylation is 1. The maximum Gasteiger partial charge on any atom is 0.229 e. The van der Waals surface area contributed by atoms with Crippen LogP contribution in [0.3, 0.4) is 0 Å². The van der Waals surface area contributed by atoms with Gasteiger partial charge >= 0.3 is 0 Å². The molecule has 0 unspecified atom stereocenters. The summed E-state index contributed by atoms with van der Waals surface area (Å²) in [7, 11) is 3.82. The lowest BCUT2D eigenvalue weighted by atomic mass is 10.1. The number of benzene rings is 1. The molecule has 3 rings (SSSR count). The zero-order chi connectivity index (χ0) is 18.8. The van der Waals surface area contributed by atoms with Gasteiger partial charge in [0, 0.05) is 46.0 Å². The van der Waals surface area contributed by atoms with Crippen LogP contribution in [0.2, 0.25) is 0 Å². The normalized spacial score (nSPS) is 16.6. The van der Waals surface area contributed by atoms with Crippen molar-refractivity contribution in [3.63, 3.8) is 0 Å². The van der Waals surface area contributed by atoms with E-state index in [-0.39, 0.29) is 12.0 Å². The molecular weight excluding hydrogens is 326 g/mol. The second-order valence-electron chi connectivity index (χ2n) is 7.16. The van der Waals surface area contributed by atoms with E-state index >= 15 is 0 Å². The van der Waals surface area contributed by atoms with Crippen molar-refractivity contribution in [3.05, 3.63) is 35.2 Å². The molecule has 140 valence electrons. The summed E-state index contributed by atoms with van der Waals surface area (Å²) in [6.07, 6.45) is 0. The fraction of sp³-hybridized carbons (Fsp3) is 0.526. The van der Waals surface area contributed by atoms with Crippen molar-refractivity contribution in [2.24, 2.45) is 0 Å². The molecule has 0 bridgehead atoms. The molecule has 1 aliphatic heterocycles. The second-order valence-corrected chi connectivity index (χ2v) is 7.16. The predicted molar refractivity (Wildman–Crippen MR) is 107 cm³/mol. The van der Waals surface area contributed by atoms with Crippen LogP contribution in [0.1, 0.15) is 29.9 Å². The molecule has 2 aromatic rings. The monoisotopic (exact) mass is 355 g/mol. The number of anilines is 3. The summed E-state index contributed by atoms with van der Waals surface area (Å²) in [6, 6.07) is 6.64. The third-order valence-corrected chi connectivity index (χ3v) is 5.21. The van der Waals surface area contributed by atoms with Gasteiger partial charge in [-0.3, -0.25) is 4.90 Å². The van der Waals surface area contributed by atoms with Gasteiger partial charge in [0.05, 0.1) is 6.04 Å². The number of piperazine rings is 1. The second kappa shape index (κ2) is 7.45. The molecule has 7 nitrogen and oxygen atoms in total. The highest BCUT2D eigenvalue weighted by Crippen LogP contribution is 2.26. The van der Waals surface area contributed by atoms with Gasteiger partial charge in [0.25, 0.3) is 0 Å².